The molecule has 104 valence electrons. The Kier molecular flexibility index (Phi) is 3.23. The molecule has 19 heavy (non-hydrogen) atoms. The van der Waals surface area contributed by atoms with Crippen LogP contribution < -0.4 is 0 Å². The Hall–Kier alpha value is -1.12. The predicted octanol–water partition coefficient (Wildman–Crippen LogP) is 2.89. The minimum atomic E-state index is -0.116. The Morgan fingerprint density at radius 1 is 1.32 bits per heavy atom. The monoisotopic (exact) mass is 262 g/mol. The number of rotatable bonds is 5. The zero-order valence-electron chi connectivity index (χ0n) is 11.8. The van der Waals surface area contributed by atoms with Crippen LogP contribution in [0.5, 0.6) is 0 Å². The van der Waals surface area contributed by atoms with Crippen molar-refractivity contribution in [1.29, 1.82) is 0 Å². The van der Waals surface area contributed by atoms with Crippen molar-refractivity contribution in [2.24, 2.45) is 23.7 Å². The third-order valence-corrected chi connectivity index (χ3v) is 5.14. The van der Waals surface area contributed by atoms with Gasteiger partial charge in [-0.2, -0.15) is 0 Å². The molecule has 3 aliphatic rings. The highest BCUT2D eigenvalue weighted by atomic mass is 16.5. The highest BCUT2D eigenvalue weighted by Gasteiger charge is 2.61. The Labute approximate surface area is 114 Å². The summed E-state index contributed by atoms with van der Waals surface area (Å²) in [6, 6.07) is 0. The van der Waals surface area contributed by atoms with E-state index >= 15 is 0 Å². The largest absolute Gasteiger partial charge is 0.463 e. The van der Waals surface area contributed by atoms with E-state index in [1.807, 2.05) is 6.92 Å². The lowest BCUT2D eigenvalue weighted by molar-refractivity contribution is -0.141. The van der Waals surface area contributed by atoms with Gasteiger partial charge in [0.1, 0.15) is 5.78 Å². The number of fused-ring (bicyclic) bond motifs is 5. The Morgan fingerprint density at radius 2 is 2.11 bits per heavy atom. The van der Waals surface area contributed by atoms with Crippen LogP contribution in [0.2, 0.25) is 0 Å². The highest BCUT2D eigenvalue weighted by Crippen LogP contribution is 2.63. The van der Waals surface area contributed by atoms with Crippen LogP contribution >= 0.6 is 0 Å². The van der Waals surface area contributed by atoms with Crippen LogP contribution in [-0.2, 0) is 14.3 Å². The number of carbonyl (C=O) groups excluding carboxylic acids is 2. The molecule has 2 bridgehead atoms. The molecule has 0 aliphatic heterocycles. The summed E-state index contributed by atoms with van der Waals surface area (Å²) in [7, 11) is 0. The molecular weight excluding hydrogens is 240 g/mol. The van der Waals surface area contributed by atoms with E-state index < -0.39 is 0 Å². The number of allylic oxidation sites excluding steroid dienone is 1. The third kappa shape index (κ3) is 1.78. The number of carbonyl (C=O) groups is 2. The molecule has 3 nitrogen and oxygen atoms in total. The zero-order valence-corrected chi connectivity index (χ0v) is 11.8. The number of esters is 1. The molecule has 0 aromatic rings. The van der Waals surface area contributed by atoms with Gasteiger partial charge in [-0.3, -0.25) is 4.79 Å². The number of hydrogen-bond acceptors (Lipinski definition) is 3. The van der Waals surface area contributed by atoms with Crippen LogP contribution in [0, 0.1) is 23.7 Å². The second-order valence-electron chi connectivity index (χ2n) is 6.09. The molecule has 3 aliphatic carbocycles. The molecule has 2 saturated carbocycles. The van der Waals surface area contributed by atoms with Crippen LogP contribution in [0.3, 0.4) is 0 Å². The quantitative estimate of drug-likeness (QED) is 0.715. The second kappa shape index (κ2) is 4.77. The number of hydrogen-bond donors (Lipinski definition) is 0. The molecule has 0 N–H and O–H groups in total. The Morgan fingerprint density at radius 3 is 2.79 bits per heavy atom. The van der Waals surface area contributed by atoms with Crippen molar-refractivity contribution in [1.82, 2.24) is 0 Å². The van der Waals surface area contributed by atoms with Crippen molar-refractivity contribution >= 4 is 11.8 Å². The van der Waals surface area contributed by atoms with Crippen molar-refractivity contribution in [2.45, 2.75) is 46.0 Å². The summed E-state index contributed by atoms with van der Waals surface area (Å²) in [5, 5.41) is 0. The number of ketones is 1. The van der Waals surface area contributed by atoms with Gasteiger partial charge in [0.2, 0.25) is 0 Å². The molecule has 3 heteroatoms. The van der Waals surface area contributed by atoms with Gasteiger partial charge in [0.05, 0.1) is 6.61 Å². The van der Waals surface area contributed by atoms with E-state index in [-0.39, 0.29) is 11.9 Å². The van der Waals surface area contributed by atoms with Gasteiger partial charge in [-0.15, -0.1) is 0 Å². The second-order valence-corrected chi connectivity index (χ2v) is 6.09. The normalized spacial score (nSPS) is 35.4. The van der Waals surface area contributed by atoms with E-state index in [9.17, 15) is 9.59 Å². The molecule has 0 aromatic heterocycles. The average Bonchev–Trinajstić information content (AvgIpc) is 2.83. The number of unbranched alkanes of at least 4 members (excludes halogenated alkanes) is 1. The van der Waals surface area contributed by atoms with Crippen molar-refractivity contribution in [3.05, 3.63) is 11.1 Å². The van der Waals surface area contributed by atoms with E-state index in [1.165, 1.54) is 5.57 Å². The van der Waals surface area contributed by atoms with Crippen LogP contribution in [0.1, 0.15) is 46.0 Å². The zero-order chi connectivity index (χ0) is 13.6. The van der Waals surface area contributed by atoms with E-state index in [2.05, 4.69) is 6.92 Å². The lowest BCUT2D eigenvalue weighted by atomic mass is 9.60. The minimum absolute atomic E-state index is 0.116. The van der Waals surface area contributed by atoms with Crippen LogP contribution in [-0.4, -0.2) is 18.4 Å². The maximum atomic E-state index is 12.1. The lowest BCUT2D eigenvalue weighted by Crippen LogP contribution is -2.42. The first-order chi connectivity index (χ1) is 9.19. The summed E-state index contributed by atoms with van der Waals surface area (Å²) >= 11 is 0. The standard InChI is InChI=1S/C16H22O3/c1-3-5-6-10-14-11-7-9(8-12(11)17)13(14)15(10)16(18)19-4-2/h9,11,13-14H,3-8H2,1-2H3/t9-,11+,13-,14+/m1/s1. The number of Topliss-reactive ketones (excluding diaryl/α,β-unsaturated/α-hetero) is 1. The first-order valence-corrected chi connectivity index (χ1v) is 7.61. The van der Waals surface area contributed by atoms with Gasteiger partial charge >= 0.3 is 5.97 Å². The third-order valence-electron chi connectivity index (χ3n) is 5.14. The van der Waals surface area contributed by atoms with Gasteiger partial charge < -0.3 is 4.74 Å². The van der Waals surface area contributed by atoms with Gasteiger partial charge in [0.25, 0.3) is 0 Å². The summed E-state index contributed by atoms with van der Waals surface area (Å²) in [6.45, 7) is 4.45. The fourth-order valence-corrected chi connectivity index (χ4v) is 4.43. The summed E-state index contributed by atoms with van der Waals surface area (Å²) < 4.78 is 5.22. The van der Waals surface area contributed by atoms with Crippen LogP contribution in [0.25, 0.3) is 0 Å². The van der Waals surface area contributed by atoms with E-state index in [0.29, 0.717) is 36.6 Å². The number of ether oxygens (including phenoxy) is 1. The lowest BCUT2D eigenvalue weighted by Gasteiger charge is -2.43. The highest BCUT2D eigenvalue weighted by molar-refractivity contribution is 5.96. The fraction of sp³-hybridized carbons (Fsp3) is 0.750. The summed E-state index contributed by atoms with van der Waals surface area (Å²) in [5.74, 6) is 1.69. The predicted molar refractivity (Wildman–Crippen MR) is 71.4 cm³/mol. The van der Waals surface area contributed by atoms with Crippen LogP contribution in [0.15, 0.2) is 11.1 Å². The molecule has 0 amide bonds. The molecular formula is C16H22O3. The summed E-state index contributed by atoms with van der Waals surface area (Å²) in [5.41, 5.74) is 2.20. The molecule has 0 saturated heterocycles. The summed E-state index contributed by atoms with van der Waals surface area (Å²) in [6.07, 6.45) is 4.90. The Bertz CT molecular complexity index is 449. The van der Waals surface area contributed by atoms with Crippen molar-refractivity contribution in [3.63, 3.8) is 0 Å². The first-order valence-electron chi connectivity index (χ1n) is 7.61. The smallest absolute Gasteiger partial charge is 0.334 e. The van der Waals surface area contributed by atoms with Crippen molar-refractivity contribution in [2.75, 3.05) is 6.61 Å². The molecule has 0 heterocycles. The molecule has 0 spiro atoms. The van der Waals surface area contributed by atoms with Gasteiger partial charge in [0.15, 0.2) is 0 Å². The molecule has 0 unspecified atom stereocenters. The molecule has 0 aromatic carbocycles. The van der Waals surface area contributed by atoms with Crippen LogP contribution in [0.4, 0.5) is 0 Å². The Balaban J connectivity index is 1.86. The molecule has 4 atom stereocenters. The maximum Gasteiger partial charge on any atom is 0.334 e. The maximum absolute atomic E-state index is 12.1. The van der Waals surface area contributed by atoms with Gasteiger partial charge in [-0.1, -0.05) is 18.9 Å². The van der Waals surface area contributed by atoms with Crippen molar-refractivity contribution < 1.29 is 14.3 Å². The fourth-order valence-electron chi connectivity index (χ4n) is 4.43. The molecule has 2 fully saturated rings. The van der Waals surface area contributed by atoms with Gasteiger partial charge in [0, 0.05) is 23.8 Å². The van der Waals surface area contributed by atoms with E-state index in [1.54, 1.807) is 0 Å². The van der Waals surface area contributed by atoms with Gasteiger partial charge in [-0.05, 0) is 38.0 Å². The topological polar surface area (TPSA) is 43.4 Å². The first kappa shape index (κ1) is 12.9. The van der Waals surface area contributed by atoms with E-state index in [0.717, 1.165) is 31.3 Å². The summed E-state index contributed by atoms with van der Waals surface area (Å²) in [4.78, 5) is 24.0. The molecule has 0 radical (unpaired) electrons. The molecule has 3 rings (SSSR count). The average molecular weight is 262 g/mol. The SMILES string of the molecule is CCCCC1=C(C(=O)OCC)[C@@H]2[C@H]3CC(=O)[C@H](C3)[C@H]12. The van der Waals surface area contributed by atoms with Gasteiger partial charge in [-0.25, -0.2) is 4.79 Å². The minimum Gasteiger partial charge on any atom is -0.463 e. The van der Waals surface area contributed by atoms with E-state index in [4.69, 9.17) is 4.74 Å². The van der Waals surface area contributed by atoms with Crippen molar-refractivity contribution in [3.8, 4) is 0 Å².